The number of hydrogen-bond acceptors (Lipinski definition) is 5. The van der Waals surface area contributed by atoms with E-state index in [4.69, 9.17) is 11.6 Å². The van der Waals surface area contributed by atoms with Gasteiger partial charge in [-0.25, -0.2) is 8.42 Å². The Bertz CT molecular complexity index is 733. The number of aliphatic hydroxyl groups is 1. The molecule has 2 fully saturated rings. The molecule has 7 nitrogen and oxygen atoms in total. The van der Waals surface area contributed by atoms with E-state index < -0.39 is 10.0 Å². The van der Waals surface area contributed by atoms with E-state index in [1.54, 1.807) is 17.0 Å². The third kappa shape index (κ3) is 4.20. The van der Waals surface area contributed by atoms with Crippen molar-refractivity contribution in [3.8, 4) is 0 Å². The third-order valence-corrected chi connectivity index (χ3v) is 7.26. The standard InChI is InChI=1S/C17H24ClN3O4S/c18-14-3-5-16(6-4-14)26(24,25)21-10-8-19(9-11-21)17(23)12-20-7-1-2-15(20)13-22/h3-6,15,22H,1-2,7-13H2/t15-/m1/s1. The fraction of sp³-hybridized carbons (Fsp3) is 0.588. The fourth-order valence-electron chi connectivity index (χ4n) is 3.52. The number of nitrogens with zero attached hydrogens (tertiary/aromatic N) is 3. The summed E-state index contributed by atoms with van der Waals surface area (Å²) in [5.41, 5.74) is 0. The van der Waals surface area contributed by atoms with Gasteiger partial charge in [0.25, 0.3) is 0 Å². The summed E-state index contributed by atoms with van der Waals surface area (Å²) in [7, 11) is -3.57. The lowest BCUT2D eigenvalue weighted by Gasteiger charge is -2.35. The Hall–Kier alpha value is -1.19. The van der Waals surface area contributed by atoms with E-state index in [1.165, 1.54) is 16.4 Å². The molecule has 0 bridgehead atoms. The molecule has 1 amide bonds. The summed E-state index contributed by atoms with van der Waals surface area (Å²) in [5, 5.41) is 9.85. The Morgan fingerprint density at radius 3 is 2.38 bits per heavy atom. The Morgan fingerprint density at radius 1 is 1.12 bits per heavy atom. The number of aliphatic hydroxyl groups excluding tert-OH is 1. The molecular weight excluding hydrogens is 378 g/mol. The summed E-state index contributed by atoms with van der Waals surface area (Å²) in [6.07, 6.45) is 1.91. The zero-order valence-corrected chi connectivity index (χ0v) is 16.1. The van der Waals surface area contributed by atoms with Gasteiger partial charge in [-0.2, -0.15) is 4.31 Å². The number of hydrogen-bond donors (Lipinski definition) is 1. The van der Waals surface area contributed by atoms with Crippen LogP contribution in [0.4, 0.5) is 0 Å². The quantitative estimate of drug-likeness (QED) is 0.782. The molecule has 0 aromatic heterocycles. The maximum absolute atomic E-state index is 12.7. The van der Waals surface area contributed by atoms with Crippen LogP contribution in [-0.4, -0.2) is 85.5 Å². The predicted octanol–water partition coefficient (Wildman–Crippen LogP) is 0.630. The average Bonchev–Trinajstić information content (AvgIpc) is 3.09. The van der Waals surface area contributed by atoms with E-state index in [2.05, 4.69) is 0 Å². The minimum atomic E-state index is -3.57. The second kappa shape index (κ2) is 8.22. The number of carbonyl (C=O) groups is 1. The monoisotopic (exact) mass is 401 g/mol. The zero-order chi connectivity index (χ0) is 18.7. The van der Waals surface area contributed by atoms with Gasteiger partial charge in [0.1, 0.15) is 0 Å². The van der Waals surface area contributed by atoms with Crippen LogP contribution < -0.4 is 0 Å². The molecule has 0 aliphatic carbocycles. The predicted molar refractivity (Wildman–Crippen MR) is 98.5 cm³/mol. The smallest absolute Gasteiger partial charge is 0.243 e. The second-order valence-electron chi connectivity index (χ2n) is 6.69. The van der Waals surface area contributed by atoms with Crippen LogP contribution in [0, 0.1) is 0 Å². The summed E-state index contributed by atoms with van der Waals surface area (Å²) in [6, 6.07) is 6.17. The number of carbonyl (C=O) groups excluding carboxylic acids is 1. The van der Waals surface area contributed by atoms with Crippen LogP contribution in [-0.2, 0) is 14.8 Å². The van der Waals surface area contributed by atoms with Crippen molar-refractivity contribution < 1.29 is 18.3 Å². The molecule has 1 atom stereocenters. The molecule has 3 rings (SSSR count). The van der Waals surface area contributed by atoms with Gasteiger partial charge in [-0.3, -0.25) is 9.69 Å². The molecule has 9 heteroatoms. The van der Waals surface area contributed by atoms with Crippen LogP contribution in [0.15, 0.2) is 29.2 Å². The maximum Gasteiger partial charge on any atom is 0.243 e. The first-order chi connectivity index (χ1) is 12.4. The minimum absolute atomic E-state index is 0.00566. The first-order valence-corrected chi connectivity index (χ1v) is 10.6. The van der Waals surface area contributed by atoms with Crippen molar-refractivity contribution >= 4 is 27.5 Å². The van der Waals surface area contributed by atoms with E-state index in [-0.39, 0.29) is 43.1 Å². The number of benzene rings is 1. The highest BCUT2D eigenvalue weighted by Gasteiger charge is 2.32. The first-order valence-electron chi connectivity index (χ1n) is 8.80. The van der Waals surface area contributed by atoms with Crippen LogP contribution in [0.25, 0.3) is 0 Å². The topological polar surface area (TPSA) is 81.2 Å². The highest BCUT2D eigenvalue weighted by atomic mass is 35.5. The molecule has 1 N–H and O–H groups in total. The van der Waals surface area contributed by atoms with Gasteiger partial charge in [-0.15, -0.1) is 0 Å². The number of piperazine rings is 1. The molecule has 2 aliphatic heterocycles. The van der Waals surface area contributed by atoms with Gasteiger partial charge in [-0.05, 0) is 43.7 Å². The van der Waals surface area contributed by atoms with Crippen molar-refractivity contribution in [3.05, 3.63) is 29.3 Å². The lowest BCUT2D eigenvalue weighted by molar-refractivity contribution is -0.134. The van der Waals surface area contributed by atoms with Crippen LogP contribution >= 0.6 is 11.6 Å². The number of likely N-dealkylation sites (tertiary alicyclic amines) is 1. The highest BCUT2D eigenvalue weighted by molar-refractivity contribution is 7.89. The number of rotatable bonds is 5. The van der Waals surface area contributed by atoms with Crippen molar-refractivity contribution in [2.75, 3.05) is 45.9 Å². The Labute approximate surface area is 159 Å². The Kier molecular flexibility index (Phi) is 6.19. The lowest BCUT2D eigenvalue weighted by Crippen LogP contribution is -2.53. The highest BCUT2D eigenvalue weighted by Crippen LogP contribution is 2.21. The molecule has 2 heterocycles. The molecule has 0 saturated carbocycles. The van der Waals surface area contributed by atoms with Gasteiger partial charge < -0.3 is 10.0 Å². The van der Waals surface area contributed by atoms with E-state index in [0.717, 1.165) is 19.4 Å². The summed E-state index contributed by atoms with van der Waals surface area (Å²) in [5.74, 6) is -0.00566. The lowest BCUT2D eigenvalue weighted by atomic mass is 10.2. The maximum atomic E-state index is 12.7. The summed E-state index contributed by atoms with van der Waals surface area (Å²) in [6.45, 7) is 2.49. The van der Waals surface area contributed by atoms with Crippen molar-refractivity contribution in [2.45, 2.75) is 23.8 Å². The van der Waals surface area contributed by atoms with Crippen molar-refractivity contribution in [1.29, 1.82) is 0 Å². The van der Waals surface area contributed by atoms with Crippen molar-refractivity contribution in [1.82, 2.24) is 14.1 Å². The molecule has 0 radical (unpaired) electrons. The van der Waals surface area contributed by atoms with Gasteiger partial charge in [0, 0.05) is 37.2 Å². The normalized spacial score (nSPS) is 22.7. The summed E-state index contributed by atoms with van der Waals surface area (Å²) in [4.78, 5) is 16.4. The van der Waals surface area contributed by atoms with Gasteiger partial charge in [0.05, 0.1) is 18.0 Å². The van der Waals surface area contributed by atoms with Crippen LogP contribution in [0.1, 0.15) is 12.8 Å². The molecule has 1 aromatic carbocycles. The summed E-state index contributed by atoms with van der Waals surface area (Å²) < 4.78 is 26.8. The minimum Gasteiger partial charge on any atom is -0.395 e. The number of halogens is 1. The van der Waals surface area contributed by atoms with E-state index >= 15 is 0 Å². The molecule has 1 aromatic rings. The van der Waals surface area contributed by atoms with Crippen molar-refractivity contribution in [3.63, 3.8) is 0 Å². The average molecular weight is 402 g/mol. The summed E-state index contributed by atoms with van der Waals surface area (Å²) >= 11 is 5.82. The molecule has 2 saturated heterocycles. The van der Waals surface area contributed by atoms with Crippen LogP contribution in [0.3, 0.4) is 0 Å². The van der Waals surface area contributed by atoms with E-state index in [0.29, 0.717) is 18.1 Å². The Morgan fingerprint density at radius 2 is 1.77 bits per heavy atom. The van der Waals surface area contributed by atoms with Crippen LogP contribution in [0.2, 0.25) is 5.02 Å². The second-order valence-corrected chi connectivity index (χ2v) is 9.06. The third-order valence-electron chi connectivity index (χ3n) is 5.09. The molecule has 2 aliphatic rings. The zero-order valence-electron chi connectivity index (χ0n) is 14.6. The number of amides is 1. The number of sulfonamides is 1. The first kappa shape index (κ1) is 19.6. The largest absolute Gasteiger partial charge is 0.395 e. The molecule has 0 unspecified atom stereocenters. The SMILES string of the molecule is O=C(CN1CCC[C@@H]1CO)N1CCN(S(=O)(=O)c2ccc(Cl)cc2)CC1. The van der Waals surface area contributed by atoms with Gasteiger partial charge in [0.15, 0.2) is 0 Å². The van der Waals surface area contributed by atoms with E-state index in [1.807, 2.05) is 4.90 Å². The van der Waals surface area contributed by atoms with Gasteiger partial charge in [0.2, 0.25) is 15.9 Å². The molecule has 0 spiro atoms. The molecule has 144 valence electrons. The van der Waals surface area contributed by atoms with Gasteiger partial charge in [-0.1, -0.05) is 11.6 Å². The van der Waals surface area contributed by atoms with Crippen LogP contribution in [0.5, 0.6) is 0 Å². The van der Waals surface area contributed by atoms with Gasteiger partial charge >= 0.3 is 0 Å². The molecular formula is C17H24ClN3O4S. The van der Waals surface area contributed by atoms with E-state index in [9.17, 15) is 18.3 Å². The van der Waals surface area contributed by atoms with Crippen molar-refractivity contribution in [2.24, 2.45) is 0 Å². The Balaban J connectivity index is 1.56. The fourth-order valence-corrected chi connectivity index (χ4v) is 5.07. The molecule has 26 heavy (non-hydrogen) atoms.